The fourth-order valence-corrected chi connectivity index (χ4v) is 5.10. The average molecular weight is 382 g/mol. The minimum Gasteiger partial charge on any atom is -0.289 e. The van der Waals surface area contributed by atoms with Crippen molar-refractivity contribution in [2.45, 2.75) is 0 Å². The summed E-state index contributed by atoms with van der Waals surface area (Å²) in [5.41, 5.74) is 0.0802. The van der Waals surface area contributed by atoms with Gasteiger partial charge in [-0.05, 0) is 67.4 Å². The third kappa shape index (κ3) is 1.84. The van der Waals surface area contributed by atoms with Crippen LogP contribution in [0.1, 0.15) is 0 Å². The minimum atomic E-state index is 0.0380. The molecule has 0 aromatic heterocycles. The van der Waals surface area contributed by atoms with E-state index in [1.807, 2.05) is 54.6 Å². The first-order valence-electron chi connectivity index (χ1n) is 10.0. The fraction of sp³-hybridized carbons (Fsp3) is 0. The SMILES string of the molecule is O=c1c2ccccc2c2cc3c(=O)c4c5cc6ccccc6cc5ccc4c3cc12. The largest absolute Gasteiger partial charge is 0.289 e. The highest BCUT2D eigenvalue weighted by atomic mass is 16.1. The van der Waals surface area contributed by atoms with E-state index in [2.05, 4.69) is 30.3 Å². The van der Waals surface area contributed by atoms with E-state index >= 15 is 0 Å². The van der Waals surface area contributed by atoms with Crippen LogP contribution < -0.4 is 10.9 Å². The Morgan fingerprint density at radius 3 is 1.80 bits per heavy atom. The van der Waals surface area contributed by atoms with Gasteiger partial charge in [-0.15, -0.1) is 0 Å². The molecule has 0 heterocycles. The first-order chi connectivity index (χ1) is 14.7. The Bertz CT molecular complexity index is 1930. The number of fused-ring (bicyclic) bond motifs is 9. The molecule has 7 aromatic carbocycles. The summed E-state index contributed by atoms with van der Waals surface area (Å²) in [6, 6.07) is 28.0. The summed E-state index contributed by atoms with van der Waals surface area (Å²) in [4.78, 5) is 26.5. The predicted molar refractivity (Wildman–Crippen MR) is 126 cm³/mol. The van der Waals surface area contributed by atoms with Crippen molar-refractivity contribution in [2.75, 3.05) is 0 Å². The first-order valence-corrected chi connectivity index (χ1v) is 10.0. The van der Waals surface area contributed by atoms with Crippen LogP contribution in [0.4, 0.5) is 0 Å². The van der Waals surface area contributed by atoms with Crippen molar-refractivity contribution >= 4 is 64.6 Å². The zero-order valence-corrected chi connectivity index (χ0v) is 15.9. The van der Waals surface area contributed by atoms with Crippen LogP contribution >= 0.6 is 0 Å². The topological polar surface area (TPSA) is 34.1 Å². The van der Waals surface area contributed by atoms with Crippen molar-refractivity contribution in [1.82, 2.24) is 0 Å². The lowest BCUT2D eigenvalue weighted by Gasteiger charge is -2.03. The van der Waals surface area contributed by atoms with Crippen LogP contribution in [0.5, 0.6) is 0 Å². The van der Waals surface area contributed by atoms with Crippen LogP contribution in [0.25, 0.3) is 64.6 Å². The van der Waals surface area contributed by atoms with E-state index in [0.717, 1.165) is 48.5 Å². The highest BCUT2D eigenvalue weighted by Crippen LogP contribution is 2.35. The number of hydrogen-bond donors (Lipinski definition) is 0. The quantitative estimate of drug-likeness (QED) is 0.293. The highest BCUT2D eigenvalue weighted by molar-refractivity contribution is 6.26. The molecule has 0 atom stereocenters. The van der Waals surface area contributed by atoms with Gasteiger partial charge in [-0.3, -0.25) is 9.59 Å². The first kappa shape index (κ1) is 15.8. The summed E-state index contributed by atoms with van der Waals surface area (Å²) in [7, 11) is 0. The van der Waals surface area contributed by atoms with E-state index in [1.165, 1.54) is 0 Å². The van der Waals surface area contributed by atoms with Crippen molar-refractivity contribution < 1.29 is 0 Å². The summed E-state index contributed by atoms with van der Waals surface area (Å²) < 4.78 is 0. The van der Waals surface area contributed by atoms with Crippen LogP contribution in [0.2, 0.25) is 0 Å². The van der Waals surface area contributed by atoms with Crippen molar-refractivity contribution in [2.24, 2.45) is 0 Å². The highest BCUT2D eigenvalue weighted by Gasteiger charge is 2.17. The lowest BCUT2D eigenvalue weighted by molar-refractivity contribution is 1.79. The molecule has 0 bridgehead atoms. The Morgan fingerprint density at radius 1 is 0.367 bits per heavy atom. The Labute approximate surface area is 170 Å². The molecule has 0 fully saturated rings. The van der Waals surface area contributed by atoms with Gasteiger partial charge in [0.1, 0.15) is 0 Å². The van der Waals surface area contributed by atoms with Crippen LogP contribution in [-0.4, -0.2) is 0 Å². The van der Waals surface area contributed by atoms with Gasteiger partial charge in [0, 0.05) is 21.5 Å². The zero-order chi connectivity index (χ0) is 20.0. The van der Waals surface area contributed by atoms with E-state index < -0.39 is 0 Å². The summed E-state index contributed by atoms with van der Waals surface area (Å²) in [5, 5.41) is 10.7. The maximum Gasteiger partial charge on any atom is 0.194 e. The summed E-state index contributed by atoms with van der Waals surface area (Å²) in [5.74, 6) is 0. The van der Waals surface area contributed by atoms with E-state index in [1.54, 1.807) is 0 Å². The smallest absolute Gasteiger partial charge is 0.194 e. The van der Waals surface area contributed by atoms with E-state index in [-0.39, 0.29) is 10.9 Å². The molecule has 2 nitrogen and oxygen atoms in total. The minimum absolute atomic E-state index is 0.0380. The summed E-state index contributed by atoms with van der Waals surface area (Å²) in [6.07, 6.45) is 0. The number of hydrogen-bond acceptors (Lipinski definition) is 2. The molecule has 7 rings (SSSR count). The van der Waals surface area contributed by atoms with Gasteiger partial charge >= 0.3 is 0 Å². The second kappa shape index (κ2) is 5.31. The molecular formula is C28H14O2. The lowest BCUT2D eigenvalue weighted by Crippen LogP contribution is -1.95. The Kier molecular flexibility index (Phi) is 2.80. The third-order valence-electron chi connectivity index (χ3n) is 6.51. The van der Waals surface area contributed by atoms with Crippen LogP contribution in [0, 0.1) is 0 Å². The van der Waals surface area contributed by atoms with Gasteiger partial charge in [0.15, 0.2) is 10.9 Å². The van der Waals surface area contributed by atoms with Crippen molar-refractivity contribution in [3.05, 3.63) is 105 Å². The molecule has 0 aliphatic rings. The van der Waals surface area contributed by atoms with Crippen molar-refractivity contribution in [3.8, 4) is 0 Å². The van der Waals surface area contributed by atoms with Crippen LogP contribution in [0.15, 0.2) is 94.5 Å². The van der Waals surface area contributed by atoms with Gasteiger partial charge in [-0.1, -0.05) is 60.7 Å². The predicted octanol–water partition coefficient (Wildman–Crippen LogP) is 6.20. The molecule has 0 saturated heterocycles. The molecule has 0 saturated carbocycles. The second-order valence-corrected chi connectivity index (χ2v) is 8.06. The second-order valence-electron chi connectivity index (χ2n) is 8.06. The van der Waals surface area contributed by atoms with Gasteiger partial charge in [0.05, 0.1) is 0 Å². The molecule has 0 unspecified atom stereocenters. The summed E-state index contributed by atoms with van der Waals surface area (Å²) >= 11 is 0. The van der Waals surface area contributed by atoms with Gasteiger partial charge in [-0.2, -0.15) is 0 Å². The van der Waals surface area contributed by atoms with E-state index in [9.17, 15) is 9.59 Å². The Balaban J connectivity index is 1.72. The van der Waals surface area contributed by atoms with Crippen molar-refractivity contribution in [1.29, 1.82) is 0 Å². The molecule has 0 aliphatic heterocycles. The maximum absolute atomic E-state index is 13.5. The molecule has 30 heavy (non-hydrogen) atoms. The van der Waals surface area contributed by atoms with Crippen molar-refractivity contribution in [3.63, 3.8) is 0 Å². The average Bonchev–Trinajstić information content (AvgIpc) is 3.23. The molecule has 0 spiro atoms. The molecule has 7 aromatic rings. The zero-order valence-electron chi connectivity index (χ0n) is 15.9. The molecule has 0 N–H and O–H groups in total. The standard InChI is InChI=1S/C28H14O2/c29-27-20-8-4-3-7-18(20)22-13-25-23(14-24(22)27)19-10-9-17-11-15-5-1-2-6-16(15)12-21(17)26(19)28(25)30/h1-14H. The van der Waals surface area contributed by atoms with Crippen LogP contribution in [0.3, 0.4) is 0 Å². The molecule has 2 heteroatoms. The van der Waals surface area contributed by atoms with Crippen LogP contribution in [-0.2, 0) is 0 Å². The van der Waals surface area contributed by atoms with Gasteiger partial charge in [-0.25, -0.2) is 0 Å². The third-order valence-corrected chi connectivity index (χ3v) is 6.51. The molecular weight excluding hydrogens is 368 g/mol. The van der Waals surface area contributed by atoms with Gasteiger partial charge in [0.25, 0.3) is 0 Å². The molecule has 0 amide bonds. The Hall–Kier alpha value is -4.04. The maximum atomic E-state index is 13.5. The van der Waals surface area contributed by atoms with Gasteiger partial charge in [0.2, 0.25) is 0 Å². The van der Waals surface area contributed by atoms with Gasteiger partial charge < -0.3 is 0 Å². The molecule has 0 radical (unpaired) electrons. The molecule has 0 aliphatic carbocycles. The normalized spacial score (nSPS) is 12.3. The van der Waals surface area contributed by atoms with E-state index in [4.69, 9.17) is 0 Å². The Morgan fingerprint density at radius 2 is 1.00 bits per heavy atom. The van der Waals surface area contributed by atoms with E-state index in [0.29, 0.717) is 16.2 Å². The fourth-order valence-electron chi connectivity index (χ4n) is 5.10. The molecule has 138 valence electrons. The monoisotopic (exact) mass is 382 g/mol. The summed E-state index contributed by atoms with van der Waals surface area (Å²) in [6.45, 7) is 0. The number of rotatable bonds is 0. The number of benzene rings is 5. The lowest BCUT2D eigenvalue weighted by atomic mass is 10.00.